The first-order valence-electron chi connectivity index (χ1n) is 9.31. The van der Waals surface area contributed by atoms with Gasteiger partial charge in [-0.2, -0.15) is 0 Å². The first kappa shape index (κ1) is 17.5. The van der Waals surface area contributed by atoms with Gasteiger partial charge < -0.3 is 14.1 Å². The number of likely N-dealkylation sites (tertiary alicyclic amines) is 1. The topological polar surface area (TPSA) is 45.9 Å². The van der Waals surface area contributed by atoms with E-state index in [0.29, 0.717) is 23.9 Å². The molecule has 1 amide bonds. The Kier molecular flexibility index (Phi) is 5.61. The van der Waals surface area contributed by atoms with Crippen LogP contribution < -0.4 is 0 Å². The lowest BCUT2D eigenvalue weighted by Gasteiger charge is -2.39. The van der Waals surface area contributed by atoms with Crippen LogP contribution in [0.2, 0.25) is 0 Å². The average molecular weight is 334 g/mol. The number of ether oxygens (including phenoxy) is 1. The number of nitrogens with zero attached hydrogens (tertiary/aromatic N) is 2. The quantitative estimate of drug-likeness (QED) is 0.849. The molecular formula is C19H30N2O3. The van der Waals surface area contributed by atoms with Crippen LogP contribution in [-0.2, 0) is 11.2 Å². The van der Waals surface area contributed by atoms with Gasteiger partial charge in [0.25, 0.3) is 5.91 Å². The third-order valence-corrected chi connectivity index (χ3v) is 5.13. The summed E-state index contributed by atoms with van der Waals surface area (Å²) in [5, 5.41) is 0. The van der Waals surface area contributed by atoms with E-state index in [-0.39, 0.29) is 5.91 Å². The van der Waals surface area contributed by atoms with Crippen molar-refractivity contribution in [1.82, 2.24) is 9.80 Å². The average Bonchev–Trinajstić information content (AvgIpc) is 3.03. The monoisotopic (exact) mass is 334 g/mol. The fourth-order valence-corrected chi connectivity index (χ4v) is 3.96. The standard InChI is InChI=1S/C19H30N2O3/c1-4-17-5-6-18(24-17)19(22)21-9-7-16(8-10-21)13-20-11-14(2)23-15(3)12-20/h5-6,14-16H,4,7-13H2,1-3H3/t14-,15-/m1/s1. The summed E-state index contributed by atoms with van der Waals surface area (Å²) in [5.41, 5.74) is 0. The van der Waals surface area contributed by atoms with Crippen molar-refractivity contribution in [2.75, 3.05) is 32.7 Å². The second-order valence-electron chi connectivity index (χ2n) is 7.33. The van der Waals surface area contributed by atoms with Crippen LogP contribution in [0, 0.1) is 5.92 Å². The summed E-state index contributed by atoms with van der Waals surface area (Å²) in [4.78, 5) is 17.0. The van der Waals surface area contributed by atoms with Gasteiger partial charge in [0.2, 0.25) is 0 Å². The van der Waals surface area contributed by atoms with E-state index >= 15 is 0 Å². The Hall–Kier alpha value is -1.33. The molecular weight excluding hydrogens is 304 g/mol. The van der Waals surface area contributed by atoms with Crippen LogP contribution in [0.1, 0.15) is 49.9 Å². The molecule has 24 heavy (non-hydrogen) atoms. The molecule has 5 heteroatoms. The van der Waals surface area contributed by atoms with E-state index in [0.717, 1.165) is 57.7 Å². The highest BCUT2D eigenvalue weighted by Crippen LogP contribution is 2.22. The number of rotatable bonds is 4. The molecule has 1 aromatic heterocycles. The van der Waals surface area contributed by atoms with E-state index in [4.69, 9.17) is 9.15 Å². The molecule has 2 saturated heterocycles. The van der Waals surface area contributed by atoms with Crippen molar-refractivity contribution in [3.8, 4) is 0 Å². The summed E-state index contributed by atoms with van der Waals surface area (Å²) >= 11 is 0. The molecule has 3 rings (SSSR count). The molecule has 1 aromatic rings. The Morgan fingerprint density at radius 2 is 1.83 bits per heavy atom. The van der Waals surface area contributed by atoms with Gasteiger partial charge in [-0.05, 0) is 44.7 Å². The Bertz CT molecular complexity index is 539. The minimum atomic E-state index is 0.0433. The molecule has 0 spiro atoms. The Morgan fingerprint density at radius 1 is 1.17 bits per heavy atom. The maximum Gasteiger partial charge on any atom is 0.289 e. The predicted molar refractivity (Wildman–Crippen MR) is 93.2 cm³/mol. The normalized spacial score (nSPS) is 26.7. The predicted octanol–water partition coefficient (Wildman–Crippen LogP) is 2.80. The molecule has 5 nitrogen and oxygen atoms in total. The van der Waals surface area contributed by atoms with Crippen molar-refractivity contribution in [3.05, 3.63) is 23.7 Å². The molecule has 0 unspecified atom stereocenters. The molecule has 2 aliphatic heterocycles. The van der Waals surface area contributed by atoms with E-state index < -0.39 is 0 Å². The number of hydrogen-bond donors (Lipinski definition) is 0. The molecule has 0 radical (unpaired) electrons. The van der Waals surface area contributed by atoms with Gasteiger partial charge in [-0.25, -0.2) is 0 Å². The molecule has 2 atom stereocenters. The lowest BCUT2D eigenvalue weighted by molar-refractivity contribution is -0.0729. The van der Waals surface area contributed by atoms with Gasteiger partial charge in [-0.1, -0.05) is 6.92 Å². The summed E-state index contributed by atoms with van der Waals surface area (Å²) in [6.07, 6.45) is 3.62. The number of amides is 1. The van der Waals surface area contributed by atoms with Gasteiger partial charge in [0.15, 0.2) is 5.76 Å². The Labute approximate surface area is 144 Å². The molecule has 0 aliphatic carbocycles. The van der Waals surface area contributed by atoms with E-state index in [1.165, 1.54) is 0 Å². The van der Waals surface area contributed by atoms with E-state index in [1.54, 1.807) is 0 Å². The number of carbonyl (C=O) groups excluding carboxylic acids is 1. The van der Waals surface area contributed by atoms with Gasteiger partial charge in [-0.15, -0.1) is 0 Å². The van der Waals surface area contributed by atoms with Crippen molar-refractivity contribution < 1.29 is 13.9 Å². The second kappa shape index (κ2) is 7.70. The zero-order valence-electron chi connectivity index (χ0n) is 15.2. The highest BCUT2D eigenvalue weighted by Gasteiger charge is 2.29. The highest BCUT2D eigenvalue weighted by atomic mass is 16.5. The minimum Gasteiger partial charge on any atom is -0.456 e. The molecule has 2 fully saturated rings. The van der Waals surface area contributed by atoms with Crippen LogP contribution >= 0.6 is 0 Å². The summed E-state index contributed by atoms with van der Waals surface area (Å²) in [6, 6.07) is 3.71. The number of aryl methyl sites for hydroxylation is 1. The Balaban J connectivity index is 1.47. The largest absolute Gasteiger partial charge is 0.456 e. The van der Waals surface area contributed by atoms with Crippen LogP contribution in [0.4, 0.5) is 0 Å². The second-order valence-corrected chi connectivity index (χ2v) is 7.33. The molecule has 0 bridgehead atoms. The molecule has 3 heterocycles. The van der Waals surface area contributed by atoms with E-state index in [2.05, 4.69) is 18.7 Å². The SMILES string of the molecule is CCc1ccc(C(=O)N2CCC(CN3C[C@@H](C)O[C@H](C)C3)CC2)o1. The summed E-state index contributed by atoms with van der Waals surface area (Å²) < 4.78 is 11.4. The van der Waals surface area contributed by atoms with E-state index in [1.807, 2.05) is 24.0 Å². The summed E-state index contributed by atoms with van der Waals surface area (Å²) in [5.74, 6) is 2.08. The first-order valence-corrected chi connectivity index (χ1v) is 9.31. The zero-order valence-corrected chi connectivity index (χ0v) is 15.2. The van der Waals surface area contributed by atoms with Crippen molar-refractivity contribution in [2.24, 2.45) is 5.92 Å². The number of furan rings is 1. The van der Waals surface area contributed by atoms with Crippen molar-refractivity contribution in [1.29, 1.82) is 0 Å². The van der Waals surface area contributed by atoms with Crippen LogP contribution in [0.25, 0.3) is 0 Å². The van der Waals surface area contributed by atoms with Gasteiger partial charge in [0, 0.05) is 39.1 Å². The van der Waals surface area contributed by atoms with Gasteiger partial charge in [-0.3, -0.25) is 9.69 Å². The molecule has 0 saturated carbocycles. The number of piperidine rings is 1. The van der Waals surface area contributed by atoms with Crippen molar-refractivity contribution in [2.45, 2.75) is 52.2 Å². The number of morpholine rings is 1. The maximum absolute atomic E-state index is 12.5. The third kappa shape index (κ3) is 4.19. The van der Waals surface area contributed by atoms with Crippen LogP contribution in [0.3, 0.4) is 0 Å². The fraction of sp³-hybridized carbons (Fsp3) is 0.737. The van der Waals surface area contributed by atoms with Crippen molar-refractivity contribution >= 4 is 5.91 Å². The van der Waals surface area contributed by atoms with Crippen LogP contribution in [0.15, 0.2) is 16.5 Å². The molecule has 0 N–H and O–H groups in total. The van der Waals surface area contributed by atoms with Crippen LogP contribution in [0.5, 0.6) is 0 Å². The van der Waals surface area contributed by atoms with Gasteiger partial charge in [0.1, 0.15) is 5.76 Å². The highest BCUT2D eigenvalue weighted by molar-refractivity contribution is 5.91. The molecule has 2 aliphatic rings. The molecule has 134 valence electrons. The van der Waals surface area contributed by atoms with Gasteiger partial charge >= 0.3 is 0 Å². The lowest BCUT2D eigenvalue weighted by Crippen LogP contribution is -2.48. The first-order chi connectivity index (χ1) is 11.5. The summed E-state index contributed by atoms with van der Waals surface area (Å²) in [6.45, 7) is 11.2. The number of carbonyl (C=O) groups is 1. The smallest absolute Gasteiger partial charge is 0.289 e. The maximum atomic E-state index is 12.5. The number of hydrogen-bond acceptors (Lipinski definition) is 4. The summed E-state index contributed by atoms with van der Waals surface area (Å²) in [7, 11) is 0. The lowest BCUT2D eigenvalue weighted by atomic mass is 9.95. The zero-order chi connectivity index (χ0) is 17.1. The van der Waals surface area contributed by atoms with Gasteiger partial charge in [0.05, 0.1) is 12.2 Å². The fourth-order valence-electron chi connectivity index (χ4n) is 3.96. The minimum absolute atomic E-state index is 0.0433. The third-order valence-electron chi connectivity index (χ3n) is 5.13. The van der Waals surface area contributed by atoms with E-state index in [9.17, 15) is 4.79 Å². The van der Waals surface area contributed by atoms with Crippen molar-refractivity contribution in [3.63, 3.8) is 0 Å². The van der Waals surface area contributed by atoms with Crippen LogP contribution in [-0.4, -0.2) is 60.6 Å². The molecule has 0 aromatic carbocycles. The Morgan fingerprint density at radius 3 is 2.42 bits per heavy atom.